The minimum absolute atomic E-state index is 0.0395. The van der Waals surface area contributed by atoms with Crippen molar-refractivity contribution in [1.82, 2.24) is 10.2 Å². The number of urea groups is 1. The molecule has 8 heteroatoms. The fourth-order valence-corrected chi connectivity index (χ4v) is 2.69. The Hall–Kier alpha value is -2.35. The van der Waals surface area contributed by atoms with E-state index in [1.54, 1.807) is 17.9 Å². The molecule has 1 fully saturated rings. The minimum Gasteiger partial charge on any atom is -0.395 e. The Kier molecular flexibility index (Phi) is 6.36. The highest BCUT2D eigenvalue weighted by atomic mass is 19.1. The molecular formula is C16H23FN4O3. The number of carbonyl (C=O) groups is 2. The lowest BCUT2D eigenvalue weighted by Gasteiger charge is -2.26. The fraction of sp³-hybridized carbons (Fsp3) is 0.500. The van der Waals surface area contributed by atoms with Crippen LogP contribution in [0.3, 0.4) is 0 Å². The zero-order valence-electron chi connectivity index (χ0n) is 13.7. The quantitative estimate of drug-likeness (QED) is 0.765. The van der Waals surface area contributed by atoms with Gasteiger partial charge in [-0.3, -0.25) is 4.79 Å². The number of benzene rings is 1. The zero-order valence-corrected chi connectivity index (χ0v) is 13.7. The van der Waals surface area contributed by atoms with Crippen molar-refractivity contribution in [2.24, 2.45) is 0 Å². The predicted molar refractivity (Wildman–Crippen MR) is 89.6 cm³/mol. The summed E-state index contributed by atoms with van der Waals surface area (Å²) in [6.07, 6.45) is 0.799. The van der Waals surface area contributed by atoms with Gasteiger partial charge in [0.05, 0.1) is 18.0 Å². The van der Waals surface area contributed by atoms with Crippen molar-refractivity contribution in [3.05, 3.63) is 24.0 Å². The molecule has 132 valence electrons. The van der Waals surface area contributed by atoms with Gasteiger partial charge in [0, 0.05) is 39.6 Å². The van der Waals surface area contributed by atoms with E-state index < -0.39 is 11.8 Å². The molecule has 0 bridgehead atoms. The van der Waals surface area contributed by atoms with E-state index in [4.69, 9.17) is 5.11 Å². The molecule has 1 aliphatic rings. The zero-order chi connectivity index (χ0) is 17.5. The van der Waals surface area contributed by atoms with Crippen LogP contribution in [0.4, 0.5) is 20.6 Å². The van der Waals surface area contributed by atoms with E-state index in [-0.39, 0.29) is 19.1 Å². The third kappa shape index (κ3) is 4.82. The van der Waals surface area contributed by atoms with Gasteiger partial charge in [0.1, 0.15) is 5.82 Å². The number of hydrogen-bond donors (Lipinski definition) is 3. The molecule has 3 N–H and O–H groups in total. The second kappa shape index (κ2) is 8.49. The normalized spacial score (nSPS) is 15.0. The molecule has 7 nitrogen and oxygen atoms in total. The van der Waals surface area contributed by atoms with Crippen molar-refractivity contribution in [1.29, 1.82) is 0 Å². The Bertz CT molecular complexity index is 597. The molecule has 2 rings (SSSR count). The van der Waals surface area contributed by atoms with E-state index in [1.165, 1.54) is 12.1 Å². The summed E-state index contributed by atoms with van der Waals surface area (Å²) in [6.45, 7) is 4.09. The summed E-state index contributed by atoms with van der Waals surface area (Å²) >= 11 is 0. The lowest BCUT2D eigenvalue weighted by Crippen LogP contribution is -2.34. The second-order valence-electron chi connectivity index (χ2n) is 5.61. The molecule has 1 saturated heterocycles. The number of aliphatic hydroxyl groups is 1. The molecule has 0 aromatic heterocycles. The number of aliphatic hydroxyl groups excluding tert-OH is 1. The number of hydrogen-bond acceptors (Lipinski definition) is 4. The molecule has 0 atom stereocenters. The maximum absolute atomic E-state index is 13.6. The first-order chi connectivity index (χ1) is 11.5. The summed E-state index contributed by atoms with van der Waals surface area (Å²) < 4.78 is 13.6. The van der Waals surface area contributed by atoms with Crippen LogP contribution in [-0.4, -0.2) is 61.3 Å². The van der Waals surface area contributed by atoms with E-state index in [1.807, 2.05) is 4.90 Å². The molecular weight excluding hydrogens is 315 g/mol. The molecule has 0 saturated carbocycles. The second-order valence-corrected chi connectivity index (χ2v) is 5.61. The number of nitrogens with one attached hydrogen (secondary N) is 2. The lowest BCUT2D eigenvalue weighted by molar-refractivity contribution is -0.128. The van der Waals surface area contributed by atoms with Crippen molar-refractivity contribution >= 4 is 23.3 Å². The average Bonchev–Trinajstić information content (AvgIpc) is 2.79. The summed E-state index contributed by atoms with van der Waals surface area (Å²) in [6, 6.07) is 3.73. The van der Waals surface area contributed by atoms with Crippen LogP contribution < -0.4 is 15.5 Å². The van der Waals surface area contributed by atoms with Crippen molar-refractivity contribution < 1.29 is 19.1 Å². The summed E-state index contributed by atoms with van der Waals surface area (Å²) in [5.74, 6) is -0.408. The van der Waals surface area contributed by atoms with Gasteiger partial charge in [-0.25, -0.2) is 9.18 Å². The number of nitrogens with zero attached hydrogens (tertiary/aromatic N) is 2. The summed E-state index contributed by atoms with van der Waals surface area (Å²) in [7, 11) is 0. The molecule has 0 radical (unpaired) electrons. The third-order valence-electron chi connectivity index (χ3n) is 3.89. The number of amides is 3. The van der Waals surface area contributed by atoms with Crippen LogP contribution in [0, 0.1) is 5.82 Å². The monoisotopic (exact) mass is 338 g/mol. The van der Waals surface area contributed by atoms with E-state index in [0.29, 0.717) is 37.6 Å². The molecule has 24 heavy (non-hydrogen) atoms. The number of anilines is 2. The standard InChI is InChI=1S/C16H23FN4O3/c1-12(23)20-6-2-7-21(9-8-20)15-4-3-13(17)11-14(15)19-16(24)18-5-10-22/h3-4,11,22H,2,5-10H2,1H3,(H2,18,19,24). The molecule has 0 aliphatic carbocycles. The van der Waals surface area contributed by atoms with Crippen LogP contribution >= 0.6 is 0 Å². The Morgan fingerprint density at radius 2 is 2.04 bits per heavy atom. The van der Waals surface area contributed by atoms with Gasteiger partial charge in [-0.1, -0.05) is 0 Å². The van der Waals surface area contributed by atoms with Gasteiger partial charge in [-0.05, 0) is 24.6 Å². The van der Waals surface area contributed by atoms with Gasteiger partial charge >= 0.3 is 6.03 Å². The summed E-state index contributed by atoms with van der Waals surface area (Å²) in [4.78, 5) is 27.1. The van der Waals surface area contributed by atoms with E-state index in [2.05, 4.69) is 10.6 Å². The van der Waals surface area contributed by atoms with Crippen molar-refractivity contribution in [3.63, 3.8) is 0 Å². The highest BCUT2D eigenvalue weighted by Crippen LogP contribution is 2.28. The van der Waals surface area contributed by atoms with Crippen LogP contribution in [0.25, 0.3) is 0 Å². The first-order valence-electron chi connectivity index (χ1n) is 7.97. The average molecular weight is 338 g/mol. The largest absolute Gasteiger partial charge is 0.395 e. The Labute approximate surface area is 140 Å². The van der Waals surface area contributed by atoms with Crippen LogP contribution in [0.5, 0.6) is 0 Å². The molecule has 3 amide bonds. The fourth-order valence-electron chi connectivity index (χ4n) is 2.69. The molecule has 1 aromatic carbocycles. The van der Waals surface area contributed by atoms with Crippen LogP contribution in [-0.2, 0) is 4.79 Å². The molecule has 1 heterocycles. The number of halogens is 1. The topological polar surface area (TPSA) is 84.9 Å². The lowest BCUT2D eigenvalue weighted by atomic mass is 10.2. The summed E-state index contributed by atoms with van der Waals surface area (Å²) in [5.41, 5.74) is 1.07. The maximum Gasteiger partial charge on any atom is 0.319 e. The first kappa shape index (κ1) is 18.0. The molecule has 0 spiro atoms. The van der Waals surface area contributed by atoms with E-state index in [0.717, 1.165) is 6.42 Å². The minimum atomic E-state index is -0.504. The van der Waals surface area contributed by atoms with Crippen LogP contribution in [0.15, 0.2) is 18.2 Å². The predicted octanol–water partition coefficient (Wildman–Crippen LogP) is 0.998. The molecule has 1 aromatic rings. The Balaban J connectivity index is 2.14. The SMILES string of the molecule is CC(=O)N1CCCN(c2ccc(F)cc2NC(=O)NCCO)CC1. The van der Waals surface area contributed by atoms with Crippen molar-refractivity contribution in [2.75, 3.05) is 49.5 Å². The maximum atomic E-state index is 13.6. The highest BCUT2D eigenvalue weighted by molar-refractivity contribution is 5.93. The van der Waals surface area contributed by atoms with E-state index >= 15 is 0 Å². The van der Waals surface area contributed by atoms with Crippen LogP contribution in [0.1, 0.15) is 13.3 Å². The number of carbonyl (C=O) groups excluding carboxylic acids is 2. The highest BCUT2D eigenvalue weighted by Gasteiger charge is 2.19. The number of rotatable bonds is 4. The summed E-state index contributed by atoms with van der Waals surface area (Å²) in [5, 5.41) is 13.8. The Morgan fingerprint density at radius 1 is 1.25 bits per heavy atom. The van der Waals surface area contributed by atoms with Crippen molar-refractivity contribution in [2.45, 2.75) is 13.3 Å². The van der Waals surface area contributed by atoms with Gasteiger partial charge in [0.25, 0.3) is 0 Å². The van der Waals surface area contributed by atoms with Gasteiger partial charge in [-0.15, -0.1) is 0 Å². The van der Waals surface area contributed by atoms with Crippen molar-refractivity contribution in [3.8, 4) is 0 Å². The van der Waals surface area contributed by atoms with Gasteiger partial charge in [0.2, 0.25) is 5.91 Å². The molecule has 0 unspecified atom stereocenters. The first-order valence-corrected chi connectivity index (χ1v) is 7.97. The van der Waals surface area contributed by atoms with Crippen LogP contribution in [0.2, 0.25) is 0 Å². The van der Waals surface area contributed by atoms with Gasteiger partial charge < -0.3 is 25.5 Å². The third-order valence-corrected chi connectivity index (χ3v) is 3.89. The van der Waals surface area contributed by atoms with E-state index in [9.17, 15) is 14.0 Å². The smallest absolute Gasteiger partial charge is 0.319 e. The Morgan fingerprint density at radius 3 is 2.75 bits per heavy atom. The molecule has 1 aliphatic heterocycles. The van der Waals surface area contributed by atoms with Gasteiger partial charge in [0.15, 0.2) is 0 Å². The van der Waals surface area contributed by atoms with Gasteiger partial charge in [-0.2, -0.15) is 0 Å².